The maximum absolute atomic E-state index is 12.2. The molecule has 6 heteroatoms. The van der Waals surface area contributed by atoms with Crippen molar-refractivity contribution in [2.45, 2.75) is 25.7 Å². The molecule has 1 unspecified atom stereocenters. The van der Waals surface area contributed by atoms with Crippen LogP contribution in [0.3, 0.4) is 0 Å². The van der Waals surface area contributed by atoms with E-state index in [4.69, 9.17) is 4.74 Å². The highest BCUT2D eigenvalue weighted by molar-refractivity contribution is 5.30. The van der Waals surface area contributed by atoms with Gasteiger partial charge >= 0.3 is 6.36 Å². The third kappa shape index (κ3) is 5.94. The van der Waals surface area contributed by atoms with Crippen LogP contribution in [-0.2, 0) is 4.74 Å². The zero-order valence-electron chi connectivity index (χ0n) is 11.0. The molecule has 0 aromatic heterocycles. The Morgan fingerprint density at radius 2 is 2.05 bits per heavy atom. The van der Waals surface area contributed by atoms with Crippen molar-refractivity contribution in [2.75, 3.05) is 20.3 Å². The molecule has 0 amide bonds. The highest BCUT2D eigenvalue weighted by atomic mass is 19.4. The van der Waals surface area contributed by atoms with Crippen molar-refractivity contribution >= 4 is 0 Å². The van der Waals surface area contributed by atoms with Crippen molar-refractivity contribution < 1.29 is 22.6 Å². The average Bonchev–Trinajstić information content (AvgIpc) is 2.32. The van der Waals surface area contributed by atoms with Crippen molar-refractivity contribution in [1.82, 2.24) is 5.32 Å². The quantitative estimate of drug-likeness (QED) is 0.829. The van der Waals surface area contributed by atoms with Gasteiger partial charge in [-0.25, -0.2) is 0 Å². The van der Waals surface area contributed by atoms with Crippen LogP contribution in [0.5, 0.6) is 5.75 Å². The van der Waals surface area contributed by atoms with Crippen LogP contribution < -0.4 is 10.1 Å². The van der Waals surface area contributed by atoms with Gasteiger partial charge < -0.3 is 14.8 Å². The normalized spacial score (nSPS) is 13.3. The molecule has 1 aromatic rings. The van der Waals surface area contributed by atoms with Crippen LogP contribution in [0.4, 0.5) is 13.2 Å². The molecule has 1 atom stereocenters. The second-order valence-corrected chi connectivity index (χ2v) is 4.01. The Morgan fingerprint density at radius 3 is 2.63 bits per heavy atom. The Labute approximate surface area is 110 Å². The van der Waals surface area contributed by atoms with Gasteiger partial charge in [0, 0.05) is 19.8 Å². The maximum atomic E-state index is 12.2. The number of methoxy groups -OCH3 is 1. The van der Waals surface area contributed by atoms with Gasteiger partial charge in [0.05, 0.1) is 0 Å². The lowest BCUT2D eigenvalue weighted by atomic mass is 10.0. The second kappa shape index (κ2) is 7.35. The number of nitrogens with one attached hydrogen (secondary N) is 1. The molecule has 1 N–H and O–H groups in total. The molecule has 0 saturated carbocycles. The fraction of sp³-hybridized carbons (Fsp3) is 0.538. The summed E-state index contributed by atoms with van der Waals surface area (Å²) in [7, 11) is 1.59. The van der Waals surface area contributed by atoms with Gasteiger partial charge in [0.15, 0.2) is 0 Å². The fourth-order valence-electron chi connectivity index (χ4n) is 1.80. The molecule has 0 spiro atoms. The summed E-state index contributed by atoms with van der Waals surface area (Å²) in [6.07, 6.45) is -3.99. The van der Waals surface area contributed by atoms with Crippen molar-refractivity contribution in [2.24, 2.45) is 0 Å². The first-order chi connectivity index (χ1) is 8.96. The van der Waals surface area contributed by atoms with E-state index >= 15 is 0 Å². The molecule has 0 bridgehead atoms. The van der Waals surface area contributed by atoms with Gasteiger partial charge in [0.25, 0.3) is 0 Å². The average molecular weight is 277 g/mol. The van der Waals surface area contributed by atoms with E-state index < -0.39 is 6.36 Å². The summed E-state index contributed by atoms with van der Waals surface area (Å²) in [4.78, 5) is 0. The third-order valence-corrected chi connectivity index (χ3v) is 2.56. The van der Waals surface area contributed by atoms with Gasteiger partial charge in [0.2, 0.25) is 0 Å². The lowest BCUT2D eigenvalue weighted by Crippen LogP contribution is -2.22. The molecule has 0 saturated heterocycles. The Morgan fingerprint density at radius 1 is 1.32 bits per heavy atom. The number of alkyl halides is 3. The Hall–Kier alpha value is -1.27. The van der Waals surface area contributed by atoms with Crippen molar-refractivity contribution in [1.29, 1.82) is 0 Å². The van der Waals surface area contributed by atoms with Crippen LogP contribution in [0, 0.1) is 0 Å². The molecule has 1 aromatic carbocycles. The Kier molecular flexibility index (Phi) is 6.11. The smallest absolute Gasteiger partial charge is 0.406 e. The van der Waals surface area contributed by atoms with Crippen LogP contribution in [-0.4, -0.2) is 26.6 Å². The summed E-state index contributed by atoms with van der Waals surface area (Å²) in [5.74, 6) is -0.203. The van der Waals surface area contributed by atoms with Crippen molar-refractivity contribution in [3.63, 3.8) is 0 Å². The second-order valence-electron chi connectivity index (χ2n) is 4.01. The van der Waals surface area contributed by atoms with Gasteiger partial charge in [-0.1, -0.05) is 19.1 Å². The largest absolute Gasteiger partial charge is 0.573 e. The molecule has 0 aliphatic carbocycles. The first-order valence-corrected chi connectivity index (χ1v) is 6.04. The van der Waals surface area contributed by atoms with Gasteiger partial charge in [0.1, 0.15) is 5.75 Å². The summed E-state index contributed by atoms with van der Waals surface area (Å²) < 4.78 is 45.4. The van der Waals surface area contributed by atoms with Gasteiger partial charge in [-0.3, -0.25) is 0 Å². The summed E-state index contributed by atoms with van der Waals surface area (Å²) >= 11 is 0. The maximum Gasteiger partial charge on any atom is 0.573 e. The highest BCUT2D eigenvalue weighted by Crippen LogP contribution is 2.26. The molecule has 0 aliphatic rings. The van der Waals surface area contributed by atoms with Gasteiger partial charge in [-0.15, -0.1) is 13.2 Å². The van der Waals surface area contributed by atoms with Gasteiger partial charge in [-0.2, -0.15) is 0 Å². The van der Waals surface area contributed by atoms with E-state index in [1.807, 2.05) is 6.92 Å². The van der Waals surface area contributed by atoms with Crippen LogP contribution >= 0.6 is 0 Å². The van der Waals surface area contributed by atoms with E-state index in [1.54, 1.807) is 19.2 Å². The van der Waals surface area contributed by atoms with E-state index in [0.29, 0.717) is 13.0 Å². The number of benzene rings is 1. The number of hydrogen-bond acceptors (Lipinski definition) is 3. The monoisotopic (exact) mass is 277 g/mol. The molecule has 3 nitrogen and oxygen atoms in total. The van der Waals surface area contributed by atoms with E-state index in [-0.39, 0.29) is 11.8 Å². The topological polar surface area (TPSA) is 30.5 Å². The summed E-state index contributed by atoms with van der Waals surface area (Å²) in [6.45, 7) is 3.19. The predicted octanol–water partition coefficient (Wildman–Crippen LogP) is 3.27. The van der Waals surface area contributed by atoms with E-state index in [0.717, 1.165) is 12.1 Å². The van der Waals surface area contributed by atoms with Crippen molar-refractivity contribution in [3.05, 3.63) is 29.8 Å². The van der Waals surface area contributed by atoms with Crippen molar-refractivity contribution in [3.8, 4) is 5.75 Å². The summed E-state index contributed by atoms with van der Waals surface area (Å²) in [6, 6.07) is 5.95. The summed E-state index contributed by atoms with van der Waals surface area (Å²) in [5, 5.41) is 3.21. The minimum Gasteiger partial charge on any atom is -0.406 e. The van der Waals surface area contributed by atoms with Crippen LogP contribution in [0.2, 0.25) is 0 Å². The van der Waals surface area contributed by atoms with Crippen LogP contribution in [0.25, 0.3) is 0 Å². The zero-order valence-corrected chi connectivity index (χ0v) is 11.0. The molecule has 108 valence electrons. The number of rotatable bonds is 7. The molecular weight excluding hydrogens is 259 g/mol. The van der Waals surface area contributed by atoms with Crippen LogP contribution in [0.1, 0.15) is 24.9 Å². The molecular formula is C13H18F3NO2. The third-order valence-electron chi connectivity index (χ3n) is 2.56. The predicted molar refractivity (Wildman–Crippen MR) is 66.0 cm³/mol. The lowest BCUT2D eigenvalue weighted by Gasteiger charge is -2.19. The van der Waals surface area contributed by atoms with Gasteiger partial charge in [-0.05, 0) is 30.7 Å². The molecule has 0 radical (unpaired) electrons. The molecule has 0 aliphatic heterocycles. The van der Waals surface area contributed by atoms with E-state index in [9.17, 15) is 13.2 Å². The highest BCUT2D eigenvalue weighted by Gasteiger charge is 2.31. The number of ether oxygens (including phenoxy) is 2. The Bertz CT molecular complexity index is 382. The Balaban J connectivity index is 2.81. The minimum atomic E-state index is -4.67. The van der Waals surface area contributed by atoms with Crippen LogP contribution in [0.15, 0.2) is 24.3 Å². The van der Waals surface area contributed by atoms with E-state index in [1.165, 1.54) is 12.1 Å². The molecule has 1 rings (SSSR count). The molecule has 0 fully saturated rings. The minimum absolute atomic E-state index is 0.0540. The number of halogens is 3. The lowest BCUT2D eigenvalue weighted by molar-refractivity contribution is -0.274. The first kappa shape index (κ1) is 15.8. The fourth-order valence-corrected chi connectivity index (χ4v) is 1.80. The molecule has 0 heterocycles. The standard InChI is InChI=1S/C13H18F3NO2/c1-3-17-12(7-8-18-2)10-5-4-6-11(9-10)19-13(14,15)16/h4-6,9,12,17H,3,7-8H2,1-2H3. The van der Waals surface area contributed by atoms with E-state index in [2.05, 4.69) is 10.1 Å². The zero-order chi connectivity index (χ0) is 14.3. The molecule has 19 heavy (non-hydrogen) atoms. The SMILES string of the molecule is CCNC(CCOC)c1cccc(OC(F)(F)F)c1. The summed E-state index contributed by atoms with van der Waals surface area (Å²) in [5.41, 5.74) is 0.751. The first-order valence-electron chi connectivity index (χ1n) is 6.04. The number of hydrogen-bond donors (Lipinski definition) is 1.